The molecular weight excluding hydrogens is 218 g/mol. The first-order valence-electron chi connectivity index (χ1n) is 5.47. The summed E-state index contributed by atoms with van der Waals surface area (Å²) in [6.45, 7) is 2.95. The lowest BCUT2D eigenvalue weighted by molar-refractivity contribution is 0.138. The molecule has 0 fully saturated rings. The van der Waals surface area contributed by atoms with Crippen LogP contribution in [0.2, 0.25) is 0 Å². The van der Waals surface area contributed by atoms with Crippen molar-refractivity contribution in [2.45, 2.75) is 19.6 Å². The number of nitrogens with zero attached hydrogens (tertiary/aromatic N) is 2. The number of benzene rings is 1. The van der Waals surface area contributed by atoms with Gasteiger partial charge in [-0.15, -0.1) is 0 Å². The molecule has 1 aromatic carbocycles. The fourth-order valence-electron chi connectivity index (χ4n) is 1.77. The zero-order chi connectivity index (χ0) is 12.8. The van der Waals surface area contributed by atoms with Gasteiger partial charge in [0, 0.05) is 18.7 Å². The van der Waals surface area contributed by atoms with Gasteiger partial charge in [0.2, 0.25) is 0 Å². The summed E-state index contributed by atoms with van der Waals surface area (Å²) in [6, 6.07) is 7.47. The summed E-state index contributed by atoms with van der Waals surface area (Å²) in [4.78, 5) is 1.98. The lowest BCUT2D eigenvalue weighted by Crippen LogP contribution is -2.28. The molecule has 0 saturated heterocycles. The largest absolute Gasteiger partial charge is 0.409 e. The second-order valence-corrected chi connectivity index (χ2v) is 4.19. The zero-order valence-electron chi connectivity index (χ0n) is 10.2. The Morgan fingerprint density at radius 2 is 2.12 bits per heavy atom. The molecule has 0 spiro atoms. The minimum atomic E-state index is -0.379. The van der Waals surface area contributed by atoms with E-state index in [0.717, 1.165) is 5.56 Å². The topological polar surface area (TPSA) is 82.1 Å². The van der Waals surface area contributed by atoms with Crippen LogP contribution in [0.1, 0.15) is 18.1 Å². The summed E-state index contributed by atoms with van der Waals surface area (Å²) < 4.78 is 0. The normalized spacial score (nSPS) is 14.0. The number of hydrogen-bond donors (Lipinski definition) is 3. The van der Waals surface area contributed by atoms with Crippen LogP contribution in [0.15, 0.2) is 29.4 Å². The van der Waals surface area contributed by atoms with Crippen molar-refractivity contribution in [2.75, 3.05) is 13.6 Å². The molecule has 0 radical (unpaired) electrons. The molecule has 5 heteroatoms. The van der Waals surface area contributed by atoms with E-state index in [2.05, 4.69) is 5.16 Å². The molecule has 1 atom stereocenters. The second-order valence-electron chi connectivity index (χ2n) is 4.19. The van der Waals surface area contributed by atoms with Gasteiger partial charge in [0.15, 0.2) is 5.84 Å². The molecule has 0 heterocycles. The lowest BCUT2D eigenvalue weighted by atomic mass is 10.1. The second kappa shape index (κ2) is 6.22. The van der Waals surface area contributed by atoms with Crippen LogP contribution in [0.4, 0.5) is 0 Å². The van der Waals surface area contributed by atoms with E-state index in [-0.39, 0.29) is 11.9 Å². The molecule has 0 bridgehead atoms. The van der Waals surface area contributed by atoms with Gasteiger partial charge >= 0.3 is 0 Å². The fourth-order valence-corrected chi connectivity index (χ4v) is 1.77. The van der Waals surface area contributed by atoms with Crippen molar-refractivity contribution >= 4 is 5.84 Å². The molecule has 0 aliphatic carbocycles. The maximum Gasteiger partial charge on any atom is 0.170 e. The smallest absolute Gasteiger partial charge is 0.170 e. The molecule has 17 heavy (non-hydrogen) atoms. The van der Waals surface area contributed by atoms with Gasteiger partial charge < -0.3 is 16.0 Å². The number of hydrogen-bond acceptors (Lipinski definition) is 4. The van der Waals surface area contributed by atoms with Gasteiger partial charge in [0.25, 0.3) is 0 Å². The van der Waals surface area contributed by atoms with E-state index in [1.54, 1.807) is 13.0 Å². The minimum Gasteiger partial charge on any atom is -0.409 e. The van der Waals surface area contributed by atoms with Gasteiger partial charge in [-0.2, -0.15) is 0 Å². The van der Waals surface area contributed by atoms with Crippen LogP contribution in [0, 0.1) is 0 Å². The van der Waals surface area contributed by atoms with Crippen LogP contribution >= 0.6 is 0 Å². The van der Waals surface area contributed by atoms with Crippen LogP contribution < -0.4 is 5.73 Å². The van der Waals surface area contributed by atoms with Gasteiger partial charge in [0.05, 0.1) is 6.10 Å². The highest BCUT2D eigenvalue weighted by Crippen LogP contribution is 2.11. The molecule has 1 unspecified atom stereocenters. The highest BCUT2D eigenvalue weighted by Gasteiger charge is 2.09. The first-order valence-corrected chi connectivity index (χ1v) is 5.47. The molecule has 4 N–H and O–H groups in total. The SMILES string of the molecule is CC(O)CN(C)Cc1ccccc1C(N)=NO. The van der Waals surface area contributed by atoms with Crippen molar-refractivity contribution in [1.29, 1.82) is 0 Å². The third kappa shape index (κ3) is 4.05. The average Bonchev–Trinajstić information content (AvgIpc) is 2.27. The van der Waals surface area contributed by atoms with Gasteiger partial charge in [-0.3, -0.25) is 4.90 Å². The number of oxime groups is 1. The van der Waals surface area contributed by atoms with E-state index in [9.17, 15) is 5.11 Å². The van der Waals surface area contributed by atoms with Crippen LogP contribution in [0.3, 0.4) is 0 Å². The molecule has 1 rings (SSSR count). The lowest BCUT2D eigenvalue weighted by Gasteiger charge is -2.19. The Kier molecular flexibility index (Phi) is 4.93. The zero-order valence-corrected chi connectivity index (χ0v) is 10.2. The predicted octanol–water partition coefficient (Wildman–Crippen LogP) is 0.594. The molecule has 0 aliphatic rings. The molecule has 0 saturated carbocycles. The number of amidine groups is 1. The third-order valence-electron chi connectivity index (χ3n) is 2.42. The van der Waals surface area contributed by atoms with Crippen LogP contribution in [-0.4, -0.2) is 40.7 Å². The summed E-state index contributed by atoms with van der Waals surface area (Å²) >= 11 is 0. The fraction of sp³-hybridized carbons (Fsp3) is 0.417. The van der Waals surface area contributed by atoms with Crippen molar-refractivity contribution in [3.63, 3.8) is 0 Å². The molecular formula is C12H19N3O2. The Balaban J connectivity index is 2.84. The number of rotatable bonds is 5. The van der Waals surface area contributed by atoms with E-state index in [1.165, 1.54) is 0 Å². The van der Waals surface area contributed by atoms with Crippen molar-refractivity contribution in [3.8, 4) is 0 Å². The Hall–Kier alpha value is -1.59. The third-order valence-corrected chi connectivity index (χ3v) is 2.42. The number of aliphatic hydroxyl groups excluding tert-OH is 1. The van der Waals surface area contributed by atoms with E-state index >= 15 is 0 Å². The van der Waals surface area contributed by atoms with E-state index in [0.29, 0.717) is 18.7 Å². The average molecular weight is 237 g/mol. The minimum absolute atomic E-state index is 0.103. The van der Waals surface area contributed by atoms with Crippen LogP contribution in [0.5, 0.6) is 0 Å². The van der Waals surface area contributed by atoms with Crippen molar-refractivity contribution in [3.05, 3.63) is 35.4 Å². The Morgan fingerprint density at radius 3 is 2.71 bits per heavy atom. The maximum atomic E-state index is 9.30. The molecule has 94 valence electrons. The Bertz CT molecular complexity index is 391. The Morgan fingerprint density at radius 1 is 1.47 bits per heavy atom. The quantitative estimate of drug-likeness (QED) is 0.303. The summed E-state index contributed by atoms with van der Waals surface area (Å²) in [7, 11) is 1.91. The van der Waals surface area contributed by atoms with Crippen LogP contribution in [-0.2, 0) is 6.54 Å². The van der Waals surface area contributed by atoms with Crippen molar-refractivity contribution < 1.29 is 10.3 Å². The van der Waals surface area contributed by atoms with Gasteiger partial charge in [-0.05, 0) is 19.5 Å². The van der Waals surface area contributed by atoms with Crippen molar-refractivity contribution in [2.24, 2.45) is 10.9 Å². The molecule has 1 aromatic rings. The van der Waals surface area contributed by atoms with Gasteiger partial charge in [-0.25, -0.2) is 0 Å². The number of likely N-dealkylation sites (N-methyl/N-ethyl adjacent to an activating group) is 1. The number of nitrogens with two attached hydrogens (primary N) is 1. The van der Waals surface area contributed by atoms with E-state index in [1.807, 2.05) is 30.1 Å². The molecule has 0 aliphatic heterocycles. The standard InChI is InChI=1S/C12H19N3O2/c1-9(16)7-15(2)8-10-5-3-4-6-11(10)12(13)14-17/h3-6,9,16-17H,7-8H2,1-2H3,(H2,13,14). The molecule has 5 nitrogen and oxygen atoms in total. The number of aliphatic hydroxyl groups is 1. The monoisotopic (exact) mass is 237 g/mol. The summed E-state index contributed by atoms with van der Waals surface area (Å²) in [5.41, 5.74) is 7.28. The first-order chi connectivity index (χ1) is 8.04. The van der Waals surface area contributed by atoms with Crippen LogP contribution in [0.25, 0.3) is 0 Å². The summed E-state index contributed by atoms with van der Waals surface area (Å²) in [5, 5.41) is 21.0. The van der Waals surface area contributed by atoms with Crippen molar-refractivity contribution in [1.82, 2.24) is 4.90 Å². The first kappa shape index (κ1) is 13.5. The maximum absolute atomic E-state index is 9.30. The summed E-state index contributed by atoms with van der Waals surface area (Å²) in [5.74, 6) is 0.103. The van der Waals surface area contributed by atoms with Gasteiger partial charge in [-0.1, -0.05) is 29.4 Å². The van der Waals surface area contributed by atoms with E-state index < -0.39 is 0 Å². The Labute approximate surface area is 101 Å². The highest BCUT2D eigenvalue weighted by atomic mass is 16.4. The van der Waals surface area contributed by atoms with Gasteiger partial charge in [0.1, 0.15) is 0 Å². The van der Waals surface area contributed by atoms with E-state index in [4.69, 9.17) is 10.9 Å². The predicted molar refractivity (Wildman–Crippen MR) is 67.0 cm³/mol. The highest BCUT2D eigenvalue weighted by molar-refractivity contribution is 5.98. The summed E-state index contributed by atoms with van der Waals surface area (Å²) in [6.07, 6.45) is -0.379. The molecule has 0 amide bonds. The molecule has 0 aromatic heterocycles.